The van der Waals surface area contributed by atoms with Crippen LogP contribution in [-0.4, -0.2) is 17.3 Å². The number of nitro benzene ring substituents is 1. The highest BCUT2D eigenvalue weighted by Crippen LogP contribution is 2.29. The van der Waals surface area contributed by atoms with Crippen LogP contribution in [0.25, 0.3) is 0 Å². The number of hydrogen-bond acceptors (Lipinski definition) is 4. The molecule has 0 aromatic heterocycles. The van der Waals surface area contributed by atoms with Crippen molar-refractivity contribution in [1.29, 1.82) is 0 Å². The zero-order valence-corrected chi connectivity index (χ0v) is 9.07. The lowest BCUT2D eigenvalue weighted by atomic mass is 10.1. The van der Waals surface area contributed by atoms with Crippen LogP contribution in [0.2, 0.25) is 0 Å². The van der Waals surface area contributed by atoms with Crippen molar-refractivity contribution >= 4 is 11.5 Å². The van der Waals surface area contributed by atoms with Gasteiger partial charge in [0.15, 0.2) is 5.78 Å². The number of hydrogen-bond donors (Lipinski definition) is 0. The molecule has 0 N–H and O–H groups in total. The van der Waals surface area contributed by atoms with Gasteiger partial charge in [-0.1, -0.05) is 0 Å². The van der Waals surface area contributed by atoms with Gasteiger partial charge >= 0.3 is 6.61 Å². The van der Waals surface area contributed by atoms with Crippen molar-refractivity contribution < 1.29 is 23.2 Å². The molecule has 0 amide bonds. The van der Waals surface area contributed by atoms with Crippen LogP contribution in [0.5, 0.6) is 5.75 Å². The predicted molar refractivity (Wildman–Crippen MR) is 54.5 cm³/mol. The van der Waals surface area contributed by atoms with Crippen molar-refractivity contribution in [3.05, 3.63) is 33.4 Å². The summed E-state index contributed by atoms with van der Waals surface area (Å²) in [6.45, 7) is -0.486. The first-order valence-corrected chi connectivity index (χ1v) is 4.57. The summed E-state index contributed by atoms with van der Waals surface area (Å²) in [5.41, 5.74) is -0.436. The van der Waals surface area contributed by atoms with Gasteiger partial charge in [0.2, 0.25) is 0 Å². The molecule has 92 valence electrons. The summed E-state index contributed by atoms with van der Waals surface area (Å²) >= 11 is 0. The first-order chi connectivity index (χ1) is 7.82. The molecule has 1 rings (SSSR count). The van der Waals surface area contributed by atoms with E-state index in [9.17, 15) is 23.7 Å². The summed E-state index contributed by atoms with van der Waals surface area (Å²) in [7, 11) is 0. The lowest BCUT2D eigenvalue weighted by molar-refractivity contribution is -0.385. The normalized spacial score (nSPS) is 10.4. The molecule has 0 radical (unpaired) electrons. The van der Waals surface area contributed by atoms with Gasteiger partial charge < -0.3 is 4.74 Å². The molecular formula is C10H9F2NO4. The Morgan fingerprint density at radius 1 is 1.47 bits per heavy atom. The van der Waals surface area contributed by atoms with Crippen molar-refractivity contribution in [2.24, 2.45) is 0 Å². The Balaban J connectivity index is 3.34. The van der Waals surface area contributed by atoms with E-state index in [-0.39, 0.29) is 16.9 Å². The fourth-order valence-corrected chi connectivity index (χ4v) is 1.33. The van der Waals surface area contributed by atoms with Crippen molar-refractivity contribution in [3.8, 4) is 5.75 Å². The molecule has 5 nitrogen and oxygen atoms in total. The van der Waals surface area contributed by atoms with E-state index in [1.54, 1.807) is 0 Å². The molecule has 0 saturated heterocycles. The summed E-state index contributed by atoms with van der Waals surface area (Å²) < 4.78 is 28.2. The largest absolute Gasteiger partial charge is 0.434 e. The van der Waals surface area contributed by atoms with Crippen LogP contribution in [-0.2, 0) is 0 Å². The Morgan fingerprint density at radius 2 is 2.06 bits per heavy atom. The number of nitro groups is 1. The number of ether oxygens (including phenoxy) is 1. The van der Waals surface area contributed by atoms with Crippen molar-refractivity contribution in [3.63, 3.8) is 0 Å². The van der Waals surface area contributed by atoms with Gasteiger partial charge in [0, 0.05) is 0 Å². The Kier molecular flexibility index (Phi) is 3.72. The second-order valence-electron chi connectivity index (χ2n) is 3.33. The number of aryl methyl sites for hydroxylation is 1. The van der Waals surface area contributed by atoms with Crippen molar-refractivity contribution in [1.82, 2.24) is 0 Å². The number of rotatable bonds is 4. The van der Waals surface area contributed by atoms with Gasteiger partial charge in [0.1, 0.15) is 5.75 Å². The molecule has 0 unspecified atom stereocenters. The summed E-state index contributed by atoms with van der Waals surface area (Å²) in [4.78, 5) is 21.0. The highest BCUT2D eigenvalue weighted by Gasteiger charge is 2.21. The molecular weight excluding hydrogens is 236 g/mol. The maximum absolute atomic E-state index is 12.0. The predicted octanol–water partition coefficient (Wildman–Crippen LogP) is 2.71. The molecule has 0 spiro atoms. The van der Waals surface area contributed by atoms with Gasteiger partial charge in [-0.25, -0.2) is 0 Å². The average molecular weight is 245 g/mol. The number of carbonyl (C=O) groups excluding carboxylic acids is 1. The summed E-state index contributed by atoms with van der Waals surface area (Å²) in [6, 6.07) is 2.00. The van der Waals surface area contributed by atoms with E-state index in [0.29, 0.717) is 0 Å². The van der Waals surface area contributed by atoms with Gasteiger partial charge in [0.25, 0.3) is 5.69 Å². The van der Waals surface area contributed by atoms with Gasteiger partial charge in [-0.15, -0.1) is 0 Å². The third-order valence-electron chi connectivity index (χ3n) is 2.09. The molecule has 0 aliphatic heterocycles. The van der Waals surface area contributed by atoms with Crippen LogP contribution in [0.4, 0.5) is 14.5 Å². The van der Waals surface area contributed by atoms with Gasteiger partial charge in [-0.05, 0) is 25.5 Å². The number of ketones is 1. The zero-order valence-electron chi connectivity index (χ0n) is 9.07. The van der Waals surface area contributed by atoms with E-state index in [0.717, 1.165) is 19.1 Å². The number of nitrogens with zero attached hydrogens (tertiary/aromatic N) is 1. The van der Waals surface area contributed by atoms with Gasteiger partial charge in [-0.2, -0.15) is 8.78 Å². The second-order valence-corrected chi connectivity index (χ2v) is 3.33. The minimum atomic E-state index is -3.07. The van der Waals surface area contributed by atoms with E-state index in [1.807, 2.05) is 0 Å². The first kappa shape index (κ1) is 13.0. The summed E-state index contributed by atoms with van der Waals surface area (Å²) in [6.07, 6.45) is 0. The molecule has 0 fully saturated rings. The standard InChI is InChI=1S/C10H9F2NO4/c1-5-3-7(6(2)14)8(13(15)16)4-9(5)17-10(11)12/h3-4,10H,1-2H3. The Bertz CT molecular complexity index is 474. The monoisotopic (exact) mass is 245 g/mol. The Labute approximate surface area is 95.2 Å². The Hall–Kier alpha value is -2.05. The molecule has 0 heterocycles. The second kappa shape index (κ2) is 4.86. The summed E-state index contributed by atoms with van der Waals surface area (Å²) in [5.74, 6) is -0.819. The van der Waals surface area contributed by atoms with Gasteiger partial charge in [-0.3, -0.25) is 14.9 Å². The number of carbonyl (C=O) groups is 1. The maximum Gasteiger partial charge on any atom is 0.387 e. The molecule has 0 saturated carbocycles. The lowest BCUT2D eigenvalue weighted by Gasteiger charge is -2.09. The lowest BCUT2D eigenvalue weighted by Crippen LogP contribution is -2.06. The molecule has 0 bridgehead atoms. The quantitative estimate of drug-likeness (QED) is 0.464. The van der Waals surface area contributed by atoms with Crippen LogP contribution in [0.15, 0.2) is 12.1 Å². The van der Waals surface area contributed by atoms with E-state index in [2.05, 4.69) is 4.74 Å². The highest BCUT2D eigenvalue weighted by molar-refractivity contribution is 5.98. The fourth-order valence-electron chi connectivity index (χ4n) is 1.33. The number of benzene rings is 1. The topological polar surface area (TPSA) is 69.4 Å². The van der Waals surface area contributed by atoms with Crippen LogP contribution in [0.1, 0.15) is 22.8 Å². The Morgan fingerprint density at radius 3 is 2.47 bits per heavy atom. The van der Waals surface area contributed by atoms with E-state index in [1.165, 1.54) is 6.92 Å². The maximum atomic E-state index is 12.0. The van der Waals surface area contributed by atoms with Crippen LogP contribution in [0.3, 0.4) is 0 Å². The van der Waals surface area contributed by atoms with E-state index >= 15 is 0 Å². The van der Waals surface area contributed by atoms with Crippen LogP contribution in [0, 0.1) is 17.0 Å². The zero-order chi connectivity index (χ0) is 13.2. The minimum Gasteiger partial charge on any atom is -0.434 e. The van der Waals surface area contributed by atoms with E-state index in [4.69, 9.17) is 0 Å². The highest BCUT2D eigenvalue weighted by atomic mass is 19.3. The molecule has 0 aliphatic rings. The average Bonchev–Trinajstić information content (AvgIpc) is 2.19. The number of Topliss-reactive ketones (excluding diaryl/α,β-unsaturated/α-hetero) is 1. The van der Waals surface area contributed by atoms with Crippen LogP contribution >= 0.6 is 0 Å². The fraction of sp³-hybridized carbons (Fsp3) is 0.300. The van der Waals surface area contributed by atoms with E-state index < -0.39 is 23.0 Å². The first-order valence-electron chi connectivity index (χ1n) is 4.57. The van der Waals surface area contributed by atoms with Crippen molar-refractivity contribution in [2.75, 3.05) is 0 Å². The molecule has 0 aliphatic carbocycles. The van der Waals surface area contributed by atoms with Crippen molar-refractivity contribution in [2.45, 2.75) is 20.5 Å². The molecule has 17 heavy (non-hydrogen) atoms. The number of halogens is 2. The molecule has 0 atom stereocenters. The molecule has 1 aromatic rings. The summed E-state index contributed by atoms with van der Waals surface area (Å²) in [5, 5.41) is 10.7. The van der Waals surface area contributed by atoms with Crippen LogP contribution < -0.4 is 4.74 Å². The van der Waals surface area contributed by atoms with Gasteiger partial charge in [0.05, 0.1) is 16.6 Å². The molecule has 7 heteroatoms. The smallest absolute Gasteiger partial charge is 0.387 e. The third-order valence-corrected chi connectivity index (χ3v) is 2.09. The number of alkyl halides is 2. The molecule has 1 aromatic carbocycles. The third kappa shape index (κ3) is 2.96. The SMILES string of the molecule is CC(=O)c1cc(C)c(OC(F)F)cc1[N+](=O)[O-]. The minimum absolute atomic E-state index is 0.130.